The molecule has 4 N–H and O–H groups in total. The number of hydrogen-bond acceptors (Lipinski definition) is 3. The molecule has 0 amide bonds. The molecule has 0 bridgehead atoms. The van der Waals surface area contributed by atoms with E-state index >= 15 is 0 Å². The Balaban J connectivity index is 0.000000411. The summed E-state index contributed by atoms with van der Waals surface area (Å²) in [4.78, 5) is 16.9. The van der Waals surface area contributed by atoms with E-state index in [4.69, 9.17) is 15.5 Å². The Morgan fingerprint density at radius 1 is 1.28 bits per heavy atom. The highest BCUT2D eigenvalue weighted by atomic mass is 31.2. The number of phosphoric ester groups is 1. The van der Waals surface area contributed by atoms with Gasteiger partial charge in [-0.2, -0.15) is 0 Å². The monoisotopic (exact) mass is 275 g/mol. The number of rotatable bonds is 4. The van der Waals surface area contributed by atoms with Crippen molar-refractivity contribution in [2.45, 2.75) is 27.2 Å². The van der Waals surface area contributed by atoms with Gasteiger partial charge in [-0.3, -0.25) is 9.79 Å². The topological polar surface area (TPSA) is 92.8 Å². The van der Waals surface area contributed by atoms with E-state index in [2.05, 4.69) is 18.4 Å². The first-order chi connectivity index (χ1) is 8.24. The lowest BCUT2D eigenvalue weighted by Gasteiger charge is -2.05. The van der Waals surface area contributed by atoms with Crippen molar-refractivity contribution in [3.63, 3.8) is 0 Å². The van der Waals surface area contributed by atoms with E-state index in [9.17, 15) is 4.57 Å². The quantitative estimate of drug-likeness (QED) is 0.734. The predicted octanol–water partition coefficient (Wildman–Crippen LogP) is 2.46. The van der Waals surface area contributed by atoms with Gasteiger partial charge in [-0.25, -0.2) is 4.57 Å². The van der Waals surface area contributed by atoms with Gasteiger partial charge in [-0.05, 0) is 37.9 Å². The fraction of sp³-hybridized carbons (Fsp3) is 0.500. The lowest BCUT2D eigenvalue weighted by atomic mass is 10.1. The summed E-state index contributed by atoms with van der Waals surface area (Å²) < 4.78 is 14.7. The third kappa shape index (κ3) is 10.3. The molecule has 1 rings (SSSR count). The minimum atomic E-state index is -4.40. The maximum absolute atomic E-state index is 10.4. The van der Waals surface area contributed by atoms with Crippen molar-refractivity contribution in [3.8, 4) is 5.75 Å². The summed E-state index contributed by atoms with van der Waals surface area (Å²) in [6.45, 7) is 7.05. The van der Waals surface area contributed by atoms with E-state index in [-0.39, 0.29) is 5.75 Å². The second kappa shape index (κ2) is 8.27. The van der Waals surface area contributed by atoms with Crippen LogP contribution in [0.25, 0.3) is 0 Å². The smallest absolute Gasteiger partial charge is 0.404 e. The molecule has 0 aliphatic carbocycles. The lowest BCUT2D eigenvalue weighted by molar-refractivity contribution is 0.283. The molecule has 1 aromatic carbocycles. The van der Waals surface area contributed by atoms with Crippen LogP contribution in [0.3, 0.4) is 0 Å². The second-order valence-electron chi connectivity index (χ2n) is 4.37. The molecule has 0 spiro atoms. The van der Waals surface area contributed by atoms with Crippen molar-refractivity contribution in [1.29, 1.82) is 0 Å². The van der Waals surface area contributed by atoms with E-state index in [1.54, 1.807) is 12.1 Å². The summed E-state index contributed by atoms with van der Waals surface area (Å²) in [5.41, 5.74) is 6.24. The first kappa shape index (κ1) is 17.1. The molecule has 0 aliphatic rings. The van der Waals surface area contributed by atoms with Crippen LogP contribution in [0.5, 0.6) is 5.75 Å². The van der Waals surface area contributed by atoms with Crippen LogP contribution in [0.2, 0.25) is 0 Å². The number of hydrogen-bond donors (Lipinski definition) is 3. The molecular weight excluding hydrogens is 253 g/mol. The van der Waals surface area contributed by atoms with Crippen molar-refractivity contribution in [3.05, 3.63) is 29.8 Å². The molecule has 6 heteroatoms. The maximum atomic E-state index is 10.4. The highest BCUT2D eigenvalue weighted by molar-refractivity contribution is 7.46. The van der Waals surface area contributed by atoms with Crippen molar-refractivity contribution in [2.75, 3.05) is 6.54 Å². The Labute approximate surface area is 108 Å². The molecule has 0 atom stereocenters. The zero-order chi connectivity index (χ0) is 14.2. The zero-order valence-electron chi connectivity index (χ0n) is 11.0. The summed E-state index contributed by atoms with van der Waals surface area (Å²) in [5.74, 6) is 0.948. The standard InChI is InChI=1S/C7H9O4P.C5H13N/c1-6-2-4-7(5-3-6)11-12(8,9)10;1-5(2)3-4-6/h2-5H,1H3,(H2,8,9,10);5H,3-4,6H2,1-2H3. The summed E-state index contributed by atoms with van der Waals surface area (Å²) >= 11 is 0. The first-order valence-electron chi connectivity index (χ1n) is 5.76. The second-order valence-corrected chi connectivity index (χ2v) is 5.53. The van der Waals surface area contributed by atoms with Gasteiger partial charge in [-0.15, -0.1) is 0 Å². The van der Waals surface area contributed by atoms with Crippen molar-refractivity contribution in [1.82, 2.24) is 0 Å². The van der Waals surface area contributed by atoms with E-state index in [0.717, 1.165) is 24.4 Å². The lowest BCUT2D eigenvalue weighted by Crippen LogP contribution is -2.01. The van der Waals surface area contributed by atoms with E-state index < -0.39 is 7.82 Å². The van der Waals surface area contributed by atoms with Crippen LogP contribution in [0, 0.1) is 12.8 Å². The Hall–Kier alpha value is -0.870. The summed E-state index contributed by atoms with van der Waals surface area (Å²) in [7, 11) is -4.40. The van der Waals surface area contributed by atoms with Crippen LogP contribution in [0.15, 0.2) is 24.3 Å². The van der Waals surface area contributed by atoms with Crippen LogP contribution in [-0.4, -0.2) is 16.3 Å². The molecule has 18 heavy (non-hydrogen) atoms. The minimum absolute atomic E-state index is 0.175. The van der Waals surface area contributed by atoms with Gasteiger partial charge in [0.25, 0.3) is 0 Å². The molecule has 0 aromatic heterocycles. The minimum Gasteiger partial charge on any atom is -0.404 e. The highest BCUT2D eigenvalue weighted by Gasteiger charge is 2.14. The number of benzene rings is 1. The zero-order valence-corrected chi connectivity index (χ0v) is 11.9. The van der Waals surface area contributed by atoms with E-state index in [1.807, 2.05) is 6.92 Å². The van der Waals surface area contributed by atoms with Gasteiger partial charge < -0.3 is 10.3 Å². The van der Waals surface area contributed by atoms with Gasteiger partial charge in [0.1, 0.15) is 5.75 Å². The molecule has 0 saturated carbocycles. The molecule has 0 fully saturated rings. The Morgan fingerprint density at radius 2 is 1.78 bits per heavy atom. The Bertz CT molecular complexity index is 372. The molecule has 0 saturated heterocycles. The fourth-order valence-corrected chi connectivity index (χ4v) is 1.47. The molecular formula is C12H22NO4P. The van der Waals surface area contributed by atoms with Crippen LogP contribution >= 0.6 is 7.82 Å². The SMILES string of the molecule is CC(C)CCN.Cc1ccc(OP(=O)(O)O)cc1. The van der Waals surface area contributed by atoms with Crippen molar-refractivity contribution in [2.24, 2.45) is 11.7 Å². The third-order valence-corrected chi connectivity index (χ3v) is 2.44. The van der Waals surface area contributed by atoms with Gasteiger partial charge in [0.05, 0.1) is 0 Å². The largest absolute Gasteiger partial charge is 0.524 e. The maximum Gasteiger partial charge on any atom is 0.524 e. The molecule has 0 radical (unpaired) electrons. The van der Waals surface area contributed by atoms with Gasteiger partial charge in [0.2, 0.25) is 0 Å². The normalized spacial score (nSPS) is 10.8. The van der Waals surface area contributed by atoms with Crippen LogP contribution in [0.4, 0.5) is 0 Å². The molecule has 0 heterocycles. The number of aryl methyl sites for hydroxylation is 1. The molecule has 104 valence electrons. The van der Waals surface area contributed by atoms with Crippen LogP contribution in [0.1, 0.15) is 25.8 Å². The first-order valence-corrected chi connectivity index (χ1v) is 7.29. The van der Waals surface area contributed by atoms with Crippen LogP contribution in [-0.2, 0) is 4.57 Å². The molecule has 0 unspecified atom stereocenters. The van der Waals surface area contributed by atoms with E-state index in [1.165, 1.54) is 12.1 Å². The van der Waals surface area contributed by atoms with Gasteiger partial charge >= 0.3 is 7.82 Å². The van der Waals surface area contributed by atoms with Gasteiger partial charge in [0, 0.05) is 0 Å². The van der Waals surface area contributed by atoms with Crippen molar-refractivity contribution < 1.29 is 18.9 Å². The fourth-order valence-electron chi connectivity index (χ4n) is 1.07. The number of phosphoric acid groups is 1. The third-order valence-electron chi connectivity index (χ3n) is 1.99. The average Bonchev–Trinajstić information content (AvgIpc) is 2.20. The number of nitrogens with two attached hydrogens (primary N) is 1. The van der Waals surface area contributed by atoms with Crippen molar-refractivity contribution >= 4 is 7.82 Å². The molecule has 0 aliphatic heterocycles. The van der Waals surface area contributed by atoms with Gasteiger partial charge in [-0.1, -0.05) is 31.5 Å². The van der Waals surface area contributed by atoms with E-state index in [0.29, 0.717) is 0 Å². The molecule has 1 aromatic rings. The summed E-state index contributed by atoms with van der Waals surface area (Å²) in [6, 6.07) is 6.44. The average molecular weight is 275 g/mol. The van der Waals surface area contributed by atoms with Gasteiger partial charge in [0.15, 0.2) is 0 Å². The Kier molecular flexibility index (Phi) is 7.87. The van der Waals surface area contributed by atoms with Crippen LogP contribution < -0.4 is 10.3 Å². The Morgan fingerprint density at radius 3 is 2.06 bits per heavy atom. The highest BCUT2D eigenvalue weighted by Crippen LogP contribution is 2.37. The molecule has 5 nitrogen and oxygen atoms in total. The summed E-state index contributed by atoms with van der Waals surface area (Å²) in [6.07, 6.45) is 1.15. The predicted molar refractivity (Wildman–Crippen MR) is 72.4 cm³/mol. The summed E-state index contributed by atoms with van der Waals surface area (Å²) in [5, 5.41) is 0.